The van der Waals surface area contributed by atoms with Gasteiger partial charge in [-0.2, -0.15) is 5.48 Å². The van der Waals surface area contributed by atoms with Crippen LogP contribution in [0.4, 0.5) is 0 Å². The molecule has 2 nitrogen and oxygen atoms in total. The number of rotatable bonds is 0. The van der Waals surface area contributed by atoms with E-state index in [1.165, 1.54) is 37.7 Å². The number of nitrogens with one attached hydrogen (secondary N) is 1. The van der Waals surface area contributed by atoms with Gasteiger partial charge >= 0.3 is 0 Å². The second kappa shape index (κ2) is 2.49. The van der Waals surface area contributed by atoms with E-state index in [2.05, 4.69) is 5.48 Å². The van der Waals surface area contributed by atoms with Gasteiger partial charge < -0.3 is 4.84 Å². The molecule has 1 N–H and O–H groups in total. The Hall–Kier alpha value is -0.500. The topological polar surface area (TPSA) is 21.3 Å². The van der Waals surface area contributed by atoms with E-state index < -0.39 is 0 Å². The van der Waals surface area contributed by atoms with Gasteiger partial charge in [0, 0.05) is 0 Å². The smallest absolute Gasteiger partial charge is 0.112 e. The van der Waals surface area contributed by atoms with Gasteiger partial charge in [0.2, 0.25) is 0 Å². The summed E-state index contributed by atoms with van der Waals surface area (Å²) in [5.41, 5.74) is 4.59. The lowest BCUT2D eigenvalue weighted by atomic mass is 9.77. The van der Waals surface area contributed by atoms with Crippen molar-refractivity contribution < 1.29 is 4.84 Å². The summed E-state index contributed by atoms with van der Waals surface area (Å²) in [6, 6.07) is 0.560. The highest BCUT2D eigenvalue weighted by Gasteiger charge is 2.38. The van der Waals surface area contributed by atoms with Crippen LogP contribution in [0, 0.1) is 11.8 Å². The molecule has 0 aromatic rings. The van der Waals surface area contributed by atoms with E-state index in [9.17, 15) is 0 Å². The quantitative estimate of drug-likeness (QED) is 0.592. The third kappa shape index (κ3) is 0.908. The Morgan fingerprint density at radius 3 is 3.25 bits per heavy atom. The van der Waals surface area contributed by atoms with Crippen LogP contribution in [0.1, 0.15) is 32.1 Å². The van der Waals surface area contributed by atoms with Gasteiger partial charge in [-0.25, -0.2) is 0 Å². The third-order valence-electron chi connectivity index (χ3n) is 3.72. The molecule has 3 unspecified atom stereocenters. The summed E-state index contributed by atoms with van der Waals surface area (Å²) in [6.07, 6.45) is 8.90. The maximum absolute atomic E-state index is 5.14. The van der Waals surface area contributed by atoms with E-state index in [0.717, 1.165) is 11.8 Å². The van der Waals surface area contributed by atoms with E-state index in [1.54, 1.807) is 0 Å². The molecule has 3 rings (SSSR count). The molecule has 1 aliphatic heterocycles. The fourth-order valence-corrected chi connectivity index (χ4v) is 3.04. The van der Waals surface area contributed by atoms with Crippen LogP contribution in [0.5, 0.6) is 0 Å². The van der Waals surface area contributed by atoms with E-state index in [4.69, 9.17) is 4.84 Å². The molecule has 1 heterocycles. The zero-order valence-electron chi connectivity index (χ0n) is 7.25. The van der Waals surface area contributed by atoms with Gasteiger partial charge in [-0.05, 0) is 36.7 Å². The standard InChI is InChI=1S/C10H15NO/c1-2-7-4-9-6-12-11-10(9)5-8(7)3-1/h6-8,10-11H,1-5H2. The number of fused-ring (bicyclic) bond motifs is 2. The molecular formula is C10H15NO. The summed E-state index contributed by atoms with van der Waals surface area (Å²) < 4.78 is 0. The first-order valence-electron chi connectivity index (χ1n) is 5.03. The minimum atomic E-state index is 0.560. The van der Waals surface area contributed by atoms with Crippen molar-refractivity contribution in [2.45, 2.75) is 38.1 Å². The predicted molar refractivity (Wildman–Crippen MR) is 46.2 cm³/mol. The molecule has 2 fully saturated rings. The summed E-state index contributed by atoms with van der Waals surface area (Å²) in [6.45, 7) is 0. The monoisotopic (exact) mass is 165 g/mol. The Balaban J connectivity index is 1.82. The molecule has 3 aliphatic rings. The van der Waals surface area contributed by atoms with Crippen molar-refractivity contribution in [1.29, 1.82) is 0 Å². The predicted octanol–water partition coefficient (Wildman–Crippen LogP) is 1.98. The average molecular weight is 165 g/mol. The molecular weight excluding hydrogens is 150 g/mol. The SMILES string of the molecule is C1=C2CC3CCCC3CC2NO1. The Morgan fingerprint density at radius 2 is 2.25 bits per heavy atom. The van der Waals surface area contributed by atoms with Gasteiger partial charge in [0.25, 0.3) is 0 Å². The molecule has 12 heavy (non-hydrogen) atoms. The lowest BCUT2D eigenvalue weighted by Gasteiger charge is -2.29. The van der Waals surface area contributed by atoms with Gasteiger partial charge in [-0.15, -0.1) is 0 Å². The maximum Gasteiger partial charge on any atom is 0.112 e. The summed E-state index contributed by atoms with van der Waals surface area (Å²) in [4.78, 5) is 5.14. The van der Waals surface area contributed by atoms with Crippen LogP contribution in [-0.4, -0.2) is 6.04 Å². The van der Waals surface area contributed by atoms with Crippen LogP contribution < -0.4 is 5.48 Å². The molecule has 0 amide bonds. The fourth-order valence-electron chi connectivity index (χ4n) is 3.04. The second-order valence-electron chi connectivity index (χ2n) is 4.37. The van der Waals surface area contributed by atoms with Crippen molar-refractivity contribution >= 4 is 0 Å². The molecule has 0 bridgehead atoms. The van der Waals surface area contributed by atoms with Gasteiger partial charge in [-0.3, -0.25) is 0 Å². The van der Waals surface area contributed by atoms with Crippen LogP contribution in [0.25, 0.3) is 0 Å². The highest BCUT2D eigenvalue weighted by atomic mass is 16.6. The zero-order valence-corrected chi connectivity index (χ0v) is 7.25. The molecule has 2 heteroatoms. The van der Waals surface area contributed by atoms with Crippen molar-refractivity contribution in [2.75, 3.05) is 0 Å². The first-order valence-corrected chi connectivity index (χ1v) is 5.03. The molecule has 0 saturated heterocycles. The minimum absolute atomic E-state index is 0.560. The molecule has 2 aliphatic carbocycles. The van der Waals surface area contributed by atoms with Crippen LogP contribution in [0.2, 0.25) is 0 Å². The number of hydrogen-bond acceptors (Lipinski definition) is 2. The van der Waals surface area contributed by atoms with Crippen molar-refractivity contribution in [3.8, 4) is 0 Å². The molecule has 0 radical (unpaired) electrons. The van der Waals surface area contributed by atoms with Crippen LogP contribution in [-0.2, 0) is 4.84 Å². The molecule has 2 saturated carbocycles. The van der Waals surface area contributed by atoms with Gasteiger partial charge in [0.05, 0.1) is 6.04 Å². The fraction of sp³-hybridized carbons (Fsp3) is 0.800. The van der Waals surface area contributed by atoms with Crippen LogP contribution in [0.15, 0.2) is 11.8 Å². The molecule has 0 aromatic heterocycles. The molecule has 3 atom stereocenters. The van der Waals surface area contributed by atoms with Gasteiger partial charge in [0.15, 0.2) is 0 Å². The maximum atomic E-state index is 5.14. The summed E-state index contributed by atoms with van der Waals surface area (Å²) in [5.74, 6) is 1.97. The van der Waals surface area contributed by atoms with Gasteiger partial charge in [0.1, 0.15) is 6.26 Å². The van der Waals surface area contributed by atoms with Crippen molar-refractivity contribution in [3.63, 3.8) is 0 Å². The van der Waals surface area contributed by atoms with Crippen LogP contribution >= 0.6 is 0 Å². The van der Waals surface area contributed by atoms with E-state index in [1.807, 2.05) is 6.26 Å². The lowest BCUT2D eigenvalue weighted by molar-refractivity contribution is 0.124. The first-order chi connectivity index (χ1) is 5.93. The van der Waals surface area contributed by atoms with Crippen molar-refractivity contribution in [1.82, 2.24) is 5.48 Å². The zero-order chi connectivity index (χ0) is 7.97. The molecule has 66 valence electrons. The Morgan fingerprint density at radius 1 is 1.33 bits per heavy atom. The van der Waals surface area contributed by atoms with Crippen molar-refractivity contribution in [2.24, 2.45) is 11.8 Å². The average Bonchev–Trinajstić information content (AvgIpc) is 2.64. The Kier molecular flexibility index (Phi) is 1.44. The highest BCUT2D eigenvalue weighted by molar-refractivity contribution is 5.16. The summed E-state index contributed by atoms with van der Waals surface area (Å²) >= 11 is 0. The normalized spacial score (nSPS) is 44.7. The summed E-state index contributed by atoms with van der Waals surface area (Å²) in [5, 5.41) is 0. The third-order valence-corrected chi connectivity index (χ3v) is 3.72. The second-order valence-corrected chi connectivity index (χ2v) is 4.37. The lowest BCUT2D eigenvalue weighted by Crippen LogP contribution is -2.33. The minimum Gasteiger partial charge on any atom is -0.416 e. The summed E-state index contributed by atoms with van der Waals surface area (Å²) in [7, 11) is 0. The highest BCUT2D eigenvalue weighted by Crippen LogP contribution is 2.44. The molecule has 0 aromatic carbocycles. The Labute approximate surface area is 72.9 Å². The number of hydroxylamine groups is 1. The van der Waals surface area contributed by atoms with Crippen LogP contribution in [0.3, 0.4) is 0 Å². The largest absolute Gasteiger partial charge is 0.416 e. The van der Waals surface area contributed by atoms with Gasteiger partial charge in [-0.1, -0.05) is 12.8 Å². The first kappa shape index (κ1) is 6.96. The van der Waals surface area contributed by atoms with E-state index >= 15 is 0 Å². The van der Waals surface area contributed by atoms with Crippen molar-refractivity contribution in [3.05, 3.63) is 11.8 Å². The number of hydrogen-bond donors (Lipinski definition) is 1. The van der Waals surface area contributed by atoms with E-state index in [0.29, 0.717) is 6.04 Å². The Bertz CT molecular complexity index is 224. The van der Waals surface area contributed by atoms with E-state index in [-0.39, 0.29) is 0 Å². The molecule has 0 spiro atoms.